The lowest BCUT2D eigenvalue weighted by molar-refractivity contribution is -0.125. The molecule has 152 valence electrons. The highest BCUT2D eigenvalue weighted by molar-refractivity contribution is 5.90. The van der Waals surface area contributed by atoms with Crippen LogP contribution in [0.15, 0.2) is 28.7 Å². The summed E-state index contributed by atoms with van der Waals surface area (Å²) in [4.78, 5) is 23.8. The van der Waals surface area contributed by atoms with E-state index in [0.717, 1.165) is 48.5 Å². The molecule has 3 aromatic rings. The van der Waals surface area contributed by atoms with Crippen molar-refractivity contribution in [3.63, 3.8) is 0 Å². The minimum atomic E-state index is -0.295. The van der Waals surface area contributed by atoms with Crippen molar-refractivity contribution in [3.8, 4) is 0 Å². The summed E-state index contributed by atoms with van der Waals surface area (Å²) >= 11 is 0. The number of aryl methyl sites for hydroxylation is 3. The Balaban J connectivity index is 1.43. The first-order valence-electron chi connectivity index (χ1n) is 9.94. The lowest BCUT2D eigenvalue weighted by Crippen LogP contribution is -2.41. The van der Waals surface area contributed by atoms with Gasteiger partial charge in [0.25, 0.3) is 0 Å². The Morgan fingerprint density at radius 3 is 2.66 bits per heavy atom. The van der Waals surface area contributed by atoms with Crippen LogP contribution in [0.25, 0.3) is 11.1 Å². The van der Waals surface area contributed by atoms with Crippen LogP contribution in [0.4, 0.5) is 10.2 Å². The van der Waals surface area contributed by atoms with Crippen molar-refractivity contribution in [2.45, 2.75) is 40.2 Å². The largest absolute Gasteiger partial charge is 0.443 e. The third kappa shape index (κ3) is 3.81. The number of piperidine rings is 1. The highest BCUT2D eigenvalue weighted by Crippen LogP contribution is 2.33. The van der Waals surface area contributed by atoms with Crippen LogP contribution in [-0.4, -0.2) is 29.0 Å². The van der Waals surface area contributed by atoms with Crippen LogP contribution in [0.1, 0.15) is 35.6 Å². The minimum Gasteiger partial charge on any atom is -0.443 e. The van der Waals surface area contributed by atoms with Crippen molar-refractivity contribution >= 4 is 22.8 Å². The van der Waals surface area contributed by atoms with Crippen LogP contribution >= 0.6 is 0 Å². The SMILES string of the molecule is Cc1nc(N2CCC(C(=O)NCc3ccccc3F)CC2)c2c(C)c(C)oc2n1. The van der Waals surface area contributed by atoms with Gasteiger partial charge >= 0.3 is 0 Å². The lowest BCUT2D eigenvalue weighted by atomic mass is 9.95. The van der Waals surface area contributed by atoms with Gasteiger partial charge in [0.2, 0.25) is 11.6 Å². The zero-order chi connectivity index (χ0) is 20.5. The minimum absolute atomic E-state index is 0.0211. The van der Waals surface area contributed by atoms with Gasteiger partial charge in [0, 0.05) is 36.7 Å². The third-order valence-corrected chi connectivity index (χ3v) is 5.70. The van der Waals surface area contributed by atoms with Gasteiger partial charge in [0.1, 0.15) is 23.2 Å². The van der Waals surface area contributed by atoms with Crippen LogP contribution in [0.3, 0.4) is 0 Å². The summed E-state index contributed by atoms with van der Waals surface area (Å²) in [7, 11) is 0. The number of carbonyl (C=O) groups is 1. The molecule has 7 heteroatoms. The van der Waals surface area contributed by atoms with E-state index in [9.17, 15) is 9.18 Å². The summed E-state index contributed by atoms with van der Waals surface area (Å²) in [6, 6.07) is 6.51. The molecule has 1 fully saturated rings. The molecule has 1 saturated heterocycles. The maximum absolute atomic E-state index is 13.7. The molecule has 0 bridgehead atoms. The fraction of sp³-hybridized carbons (Fsp3) is 0.409. The number of benzene rings is 1. The maximum Gasteiger partial charge on any atom is 0.231 e. The summed E-state index contributed by atoms with van der Waals surface area (Å²) in [6.07, 6.45) is 1.45. The average molecular weight is 396 g/mol. The number of halogens is 1. The molecule has 0 atom stereocenters. The third-order valence-electron chi connectivity index (χ3n) is 5.70. The van der Waals surface area contributed by atoms with Gasteiger partial charge in [-0.25, -0.2) is 9.37 Å². The molecule has 3 heterocycles. The smallest absolute Gasteiger partial charge is 0.231 e. The van der Waals surface area contributed by atoms with E-state index < -0.39 is 0 Å². The number of rotatable bonds is 4. The molecule has 0 spiro atoms. The van der Waals surface area contributed by atoms with Gasteiger partial charge in [0.15, 0.2) is 0 Å². The molecule has 1 aromatic carbocycles. The molecule has 4 rings (SSSR count). The number of nitrogens with zero attached hydrogens (tertiary/aromatic N) is 3. The van der Waals surface area contributed by atoms with E-state index in [1.165, 1.54) is 6.07 Å². The van der Waals surface area contributed by atoms with Crippen LogP contribution in [0, 0.1) is 32.5 Å². The van der Waals surface area contributed by atoms with Crippen LogP contribution < -0.4 is 10.2 Å². The Hall–Kier alpha value is -2.96. The molecule has 0 radical (unpaired) electrons. The first-order chi connectivity index (χ1) is 13.9. The van der Waals surface area contributed by atoms with E-state index in [-0.39, 0.29) is 24.2 Å². The predicted molar refractivity (Wildman–Crippen MR) is 109 cm³/mol. The molecule has 1 amide bonds. The van der Waals surface area contributed by atoms with Crippen LogP contribution in [0.5, 0.6) is 0 Å². The monoisotopic (exact) mass is 396 g/mol. The Morgan fingerprint density at radius 1 is 1.21 bits per heavy atom. The van der Waals surface area contributed by atoms with E-state index >= 15 is 0 Å². The molecule has 0 aliphatic carbocycles. The Bertz CT molecular complexity index is 1050. The molecule has 6 nitrogen and oxygen atoms in total. The first kappa shape index (κ1) is 19.4. The van der Waals surface area contributed by atoms with Gasteiger partial charge in [0.05, 0.1) is 5.39 Å². The lowest BCUT2D eigenvalue weighted by Gasteiger charge is -2.32. The average Bonchev–Trinajstić information content (AvgIpc) is 3.00. The van der Waals surface area contributed by atoms with Crippen LogP contribution in [0.2, 0.25) is 0 Å². The van der Waals surface area contributed by atoms with Crippen molar-refractivity contribution in [1.29, 1.82) is 0 Å². The van der Waals surface area contributed by atoms with Gasteiger partial charge < -0.3 is 14.6 Å². The van der Waals surface area contributed by atoms with Gasteiger partial charge in [-0.15, -0.1) is 0 Å². The van der Waals surface area contributed by atoms with E-state index in [4.69, 9.17) is 4.42 Å². The second-order valence-corrected chi connectivity index (χ2v) is 7.63. The van der Waals surface area contributed by atoms with Gasteiger partial charge in [-0.3, -0.25) is 4.79 Å². The number of hydrogen-bond donors (Lipinski definition) is 1. The molecule has 29 heavy (non-hydrogen) atoms. The van der Waals surface area contributed by atoms with E-state index in [1.54, 1.807) is 18.2 Å². The molecule has 0 saturated carbocycles. The summed E-state index contributed by atoms with van der Waals surface area (Å²) in [6.45, 7) is 7.48. The van der Waals surface area contributed by atoms with Crippen molar-refractivity contribution in [2.75, 3.05) is 18.0 Å². The fourth-order valence-electron chi connectivity index (χ4n) is 3.88. The highest BCUT2D eigenvalue weighted by Gasteiger charge is 2.28. The number of furan rings is 1. The Labute approximate surface area is 169 Å². The quantitative estimate of drug-likeness (QED) is 0.726. The maximum atomic E-state index is 13.7. The van der Waals surface area contributed by atoms with Crippen molar-refractivity contribution in [3.05, 3.63) is 52.8 Å². The number of fused-ring (bicyclic) bond motifs is 1. The van der Waals surface area contributed by atoms with Crippen molar-refractivity contribution < 1.29 is 13.6 Å². The number of anilines is 1. The number of hydrogen-bond acceptors (Lipinski definition) is 5. The van der Waals surface area contributed by atoms with E-state index in [1.807, 2.05) is 20.8 Å². The van der Waals surface area contributed by atoms with E-state index in [0.29, 0.717) is 17.1 Å². The topological polar surface area (TPSA) is 71.3 Å². The van der Waals surface area contributed by atoms with Crippen molar-refractivity contribution in [1.82, 2.24) is 15.3 Å². The molecule has 2 aromatic heterocycles. The second-order valence-electron chi connectivity index (χ2n) is 7.63. The van der Waals surface area contributed by atoms with Gasteiger partial charge in [-0.05, 0) is 39.7 Å². The predicted octanol–water partition coefficient (Wildman–Crippen LogP) is 3.82. The standard InChI is InChI=1S/C22H25FN4O2/c1-13-14(2)29-22-19(13)20(25-15(3)26-22)27-10-8-16(9-11-27)21(28)24-12-17-6-4-5-7-18(17)23/h4-7,16H,8-12H2,1-3H3,(H,24,28). The fourth-order valence-corrected chi connectivity index (χ4v) is 3.88. The molecular weight excluding hydrogens is 371 g/mol. The normalized spacial score (nSPS) is 15.1. The van der Waals surface area contributed by atoms with E-state index in [2.05, 4.69) is 20.2 Å². The number of carbonyl (C=O) groups excluding carboxylic acids is 1. The molecule has 1 N–H and O–H groups in total. The number of nitrogens with one attached hydrogen (secondary N) is 1. The van der Waals surface area contributed by atoms with Gasteiger partial charge in [-0.2, -0.15) is 4.98 Å². The van der Waals surface area contributed by atoms with Gasteiger partial charge in [-0.1, -0.05) is 18.2 Å². The zero-order valence-corrected chi connectivity index (χ0v) is 17.0. The molecule has 0 unspecified atom stereocenters. The molecule has 1 aliphatic heterocycles. The summed E-state index contributed by atoms with van der Waals surface area (Å²) in [5, 5.41) is 3.83. The summed E-state index contributed by atoms with van der Waals surface area (Å²) in [5.74, 6) is 2.01. The number of aromatic nitrogens is 2. The zero-order valence-electron chi connectivity index (χ0n) is 17.0. The summed E-state index contributed by atoms with van der Waals surface area (Å²) < 4.78 is 19.5. The Kier molecular flexibility index (Phi) is 5.22. The summed E-state index contributed by atoms with van der Waals surface area (Å²) in [5.41, 5.74) is 2.18. The van der Waals surface area contributed by atoms with Crippen molar-refractivity contribution in [2.24, 2.45) is 5.92 Å². The highest BCUT2D eigenvalue weighted by atomic mass is 19.1. The molecule has 1 aliphatic rings. The van der Waals surface area contributed by atoms with Crippen LogP contribution in [-0.2, 0) is 11.3 Å². The first-order valence-corrected chi connectivity index (χ1v) is 9.94. The molecular formula is C22H25FN4O2. The second kappa shape index (κ2) is 7.81. The Morgan fingerprint density at radius 2 is 1.93 bits per heavy atom. The number of amides is 1.